The van der Waals surface area contributed by atoms with Crippen LogP contribution in [0.15, 0.2) is 24.0 Å². The van der Waals surface area contributed by atoms with Gasteiger partial charge >= 0.3 is 5.97 Å². The molecule has 5 heteroatoms. The zero-order valence-corrected chi connectivity index (χ0v) is 9.40. The highest BCUT2D eigenvalue weighted by Gasteiger charge is 2.03. The van der Waals surface area contributed by atoms with Gasteiger partial charge in [-0.3, -0.25) is 0 Å². The van der Waals surface area contributed by atoms with Gasteiger partial charge < -0.3 is 10.4 Å². The Morgan fingerprint density at radius 3 is 2.69 bits per heavy atom. The van der Waals surface area contributed by atoms with Crippen LogP contribution in [0.1, 0.15) is 30.8 Å². The molecule has 1 aromatic heterocycles. The van der Waals surface area contributed by atoms with Gasteiger partial charge in [-0.25, -0.2) is 14.8 Å². The molecule has 0 aromatic carbocycles. The number of hydrogen-bond acceptors (Lipinski definition) is 4. The summed E-state index contributed by atoms with van der Waals surface area (Å²) in [6.07, 6.45) is 5.69. The fourth-order valence-corrected chi connectivity index (χ4v) is 1.09. The molecular formula is C11H15N3O2. The van der Waals surface area contributed by atoms with E-state index in [1.165, 1.54) is 18.0 Å². The lowest BCUT2D eigenvalue weighted by Gasteiger charge is -2.03. The molecule has 0 unspecified atom stereocenters. The molecule has 0 aliphatic heterocycles. The number of hydrogen-bond donors (Lipinski definition) is 2. The fourth-order valence-electron chi connectivity index (χ4n) is 1.09. The van der Waals surface area contributed by atoms with Gasteiger partial charge in [0.15, 0.2) is 5.69 Å². The van der Waals surface area contributed by atoms with Gasteiger partial charge in [0.1, 0.15) is 5.82 Å². The van der Waals surface area contributed by atoms with E-state index in [4.69, 9.17) is 5.11 Å². The van der Waals surface area contributed by atoms with Crippen molar-refractivity contribution in [2.45, 2.75) is 20.3 Å². The summed E-state index contributed by atoms with van der Waals surface area (Å²) in [5.74, 6) is -0.476. The van der Waals surface area contributed by atoms with Gasteiger partial charge in [-0.15, -0.1) is 0 Å². The monoisotopic (exact) mass is 221 g/mol. The summed E-state index contributed by atoms with van der Waals surface area (Å²) in [6, 6.07) is 0. The second kappa shape index (κ2) is 5.85. The van der Waals surface area contributed by atoms with Crippen molar-refractivity contribution >= 4 is 11.8 Å². The van der Waals surface area contributed by atoms with Gasteiger partial charge in [0, 0.05) is 6.54 Å². The summed E-state index contributed by atoms with van der Waals surface area (Å²) in [5, 5.41) is 11.7. The molecule has 0 aliphatic carbocycles. The van der Waals surface area contributed by atoms with Crippen LogP contribution in [0.25, 0.3) is 0 Å². The maximum atomic E-state index is 10.5. The van der Waals surface area contributed by atoms with Crippen molar-refractivity contribution in [3.8, 4) is 0 Å². The molecule has 0 saturated carbocycles. The molecule has 86 valence electrons. The number of allylic oxidation sites excluding steroid dienone is 1. The topological polar surface area (TPSA) is 75.1 Å². The lowest BCUT2D eigenvalue weighted by Crippen LogP contribution is -2.06. The first-order chi connectivity index (χ1) is 7.59. The Morgan fingerprint density at radius 2 is 2.19 bits per heavy atom. The normalized spacial score (nSPS) is 9.62. The Balaban J connectivity index is 2.44. The van der Waals surface area contributed by atoms with Crippen LogP contribution in [0.3, 0.4) is 0 Å². The summed E-state index contributed by atoms with van der Waals surface area (Å²) < 4.78 is 0. The molecule has 16 heavy (non-hydrogen) atoms. The number of aromatic nitrogens is 2. The molecule has 1 aromatic rings. The van der Waals surface area contributed by atoms with Gasteiger partial charge in [-0.05, 0) is 20.3 Å². The number of carbonyl (C=O) groups is 1. The van der Waals surface area contributed by atoms with Gasteiger partial charge in [0.05, 0.1) is 12.4 Å². The van der Waals surface area contributed by atoms with E-state index in [-0.39, 0.29) is 5.69 Å². The minimum Gasteiger partial charge on any atom is -0.476 e. The molecule has 0 amide bonds. The maximum absolute atomic E-state index is 10.5. The van der Waals surface area contributed by atoms with Crippen molar-refractivity contribution in [3.63, 3.8) is 0 Å². The Hall–Kier alpha value is -1.91. The third kappa shape index (κ3) is 4.08. The minimum atomic E-state index is -1.07. The second-order valence-electron chi connectivity index (χ2n) is 3.59. The smallest absolute Gasteiger partial charge is 0.356 e. The lowest BCUT2D eigenvalue weighted by atomic mass is 10.3. The van der Waals surface area contributed by atoms with Crippen LogP contribution >= 0.6 is 0 Å². The van der Waals surface area contributed by atoms with Crippen molar-refractivity contribution in [1.29, 1.82) is 0 Å². The fraction of sp³-hybridized carbons (Fsp3) is 0.364. The average Bonchev–Trinajstić information content (AvgIpc) is 2.25. The SMILES string of the molecule is CC(C)=CCCNc1cnc(C(=O)O)cn1. The van der Waals surface area contributed by atoms with E-state index in [1.807, 2.05) is 13.8 Å². The number of aromatic carboxylic acids is 1. The molecule has 0 fully saturated rings. The van der Waals surface area contributed by atoms with Crippen LogP contribution in [-0.2, 0) is 0 Å². The number of carboxylic acid groups (broad SMARTS) is 1. The Labute approximate surface area is 94.2 Å². The quantitative estimate of drug-likeness (QED) is 0.587. The summed E-state index contributed by atoms with van der Waals surface area (Å²) in [6.45, 7) is 4.84. The van der Waals surface area contributed by atoms with Gasteiger partial charge in [0.2, 0.25) is 0 Å². The predicted molar refractivity (Wildman–Crippen MR) is 61.5 cm³/mol. The highest BCUT2D eigenvalue weighted by Crippen LogP contribution is 2.01. The molecule has 0 saturated heterocycles. The van der Waals surface area contributed by atoms with Crippen LogP contribution in [0.5, 0.6) is 0 Å². The van der Waals surface area contributed by atoms with Gasteiger partial charge in [-0.1, -0.05) is 11.6 Å². The number of nitrogens with one attached hydrogen (secondary N) is 1. The summed E-state index contributed by atoms with van der Waals surface area (Å²) in [7, 11) is 0. The molecule has 0 bridgehead atoms. The summed E-state index contributed by atoms with van der Waals surface area (Å²) in [4.78, 5) is 18.2. The van der Waals surface area contributed by atoms with Crippen molar-refractivity contribution in [3.05, 3.63) is 29.7 Å². The van der Waals surface area contributed by atoms with Crippen LogP contribution in [-0.4, -0.2) is 27.6 Å². The van der Waals surface area contributed by atoms with E-state index < -0.39 is 5.97 Å². The standard InChI is InChI=1S/C11H15N3O2/c1-8(2)4-3-5-12-10-7-13-9(6-14-10)11(15)16/h4,6-7H,3,5H2,1-2H3,(H,12,14)(H,15,16). The van der Waals surface area contributed by atoms with Crippen LogP contribution < -0.4 is 5.32 Å². The Morgan fingerprint density at radius 1 is 1.44 bits per heavy atom. The number of carboxylic acids is 1. The van der Waals surface area contributed by atoms with Crippen molar-refractivity contribution in [1.82, 2.24) is 9.97 Å². The first-order valence-corrected chi connectivity index (χ1v) is 5.02. The maximum Gasteiger partial charge on any atom is 0.356 e. The molecule has 5 nitrogen and oxygen atoms in total. The van der Waals surface area contributed by atoms with Crippen molar-refractivity contribution in [2.24, 2.45) is 0 Å². The second-order valence-corrected chi connectivity index (χ2v) is 3.59. The van der Waals surface area contributed by atoms with Gasteiger partial charge in [-0.2, -0.15) is 0 Å². The summed E-state index contributed by atoms with van der Waals surface area (Å²) >= 11 is 0. The number of rotatable bonds is 5. The molecular weight excluding hydrogens is 206 g/mol. The van der Waals surface area contributed by atoms with E-state index in [2.05, 4.69) is 21.4 Å². The zero-order chi connectivity index (χ0) is 12.0. The average molecular weight is 221 g/mol. The van der Waals surface area contributed by atoms with Crippen LogP contribution in [0.4, 0.5) is 5.82 Å². The highest BCUT2D eigenvalue weighted by atomic mass is 16.4. The van der Waals surface area contributed by atoms with E-state index in [1.54, 1.807) is 0 Å². The molecule has 1 heterocycles. The predicted octanol–water partition coefficient (Wildman–Crippen LogP) is 1.94. The molecule has 2 N–H and O–H groups in total. The minimum absolute atomic E-state index is 0.0464. The third-order valence-corrected chi connectivity index (χ3v) is 1.87. The number of nitrogens with zero attached hydrogens (tertiary/aromatic N) is 2. The van der Waals surface area contributed by atoms with E-state index in [9.17, 15) is 4.79 Å². The molecule has 0 aliphatic rings. The third-order valence-electron chi connectivity index (χ3n) is 1.87. The molecule has 0 radical (unpaired) electrons. The van der Waals surface area contributed by atoms with Crippen LogP contribution in [0.2, 0.25) is 0 Å². The van der Waals surface area contributed by atoms with E-state index in [0.717, 1.165) is 13.0 Å². The Bertz CT molecular complexity index is 381. The molecule has 0 atom stereocenters. The molecule has 1 rings (SSSR count). The lowest BCUT2D eigenvalue weighted by molar-refractivity contribution is 0.0690. The molecule has 0 spiro atoms. The first kappa shape index (κ1) is 12.2. The number of anilines is 1. The first-order valence-electron chi connectivity index (χ1n) is 5.02. The van der Waals surface area contributed by atoms with E-state index >= 15 is 0 Å². The largest absolute Gasteiger partial charge is 0.476 e. The van der Waals surface area contributed by atoms with Crippen molar-refractivity contribution < 1.29 is 9.90 Å². The highest BCUT2D eigenvalue weighted by molar-refractivity contribution is 5.84. The van der Waals surface area contributed by atoms with Crippen LogP contribution in [0, 0.1) is 0 Å². The van der Waals surface area contributed by atoms with E-state index in [0.29, 0.717) is 5.82 Å². The Kier molecular flexibility index (Phi) is 4.44. The van der Waals surface area contributed by atoms with Gasteiger partial charge in [0.25, 0.3) is 0 Å². The van der Waals surface area contributed by atoms with Crippen molar-refractivity contribution in [2.75, 3.05) is 11.9 Å². The zero-order valence-electron chi connectivity index (χ0n) is 9.40. The summed E-state index contributed by atoms with van der Waals surface area (Å²) in [5.41, 5.74) is 1.23.